The number of carboxylic acids is 1. The van der Waals surface area contributed by atoms with Gasteiger partial charge in [-0.15, -0.1) is 0 Å². The predicted octanol–water partition coefficient (Wildman–Crippen LogP) is 7.07. The highest BCUT2D eigenvalue weighted by Gasteiger charge is 2.22. The first-order chi connectivity index (χ1) is 15.5. The van der Waals surface area contributed by atoms with Crippen molar-refractivity contribution in [1.29, 1.82) is 0 Å². The minimum absolute atomic E-state index is 0.0359. The van der Waals surface area contributed by atoms with Gasteiger partial charge in [-0.3, -0.25) is 4.79 Å². The lowest BCUT2D eigenvalue weighted by atomic mass is 10.0. The molecule has 0 aliphatic carbocycles. The Morgan fingerprint density at radius 3 is 1.91 bits per heavy atom. The number of carboxylic acid groups (broad SMARTS) is 1. The molecule has 0 fully saturated rings. The van der Waals surface area contributed by atoms with E-state index in [1.54, 1.807) is 0 Å². The number of rotatable bonds is 20. The maximum atomic E-state index is 11.4. The zero-order valence-electron chi connectivity index (χ0n) is 20.2. The third-order valence-electron chi connectivity index (χ3n) is 5.79. The average Bonchev–Trinajstić information content (AvgIpc) is 2.78. The van der Waals surface area contributed by atoms with E-state index in [2.05, 4.69) is 6.92 Å². The second kappa shape index (κ2) is 18.7. The number of ether oxygens (including phenoxy) is 2. The number of hydrogen-bond acceptors (Lipinski definition) is 4. The topological polar surface area (TPSA) is 72.8 Å². The van der Waals surface area contributed by atoms with Gasteiger partial charge in [-0.25, -0.2) is 4.79 Å². The van der Waals surface area contributed by atoms with Crippen molar-refractivity contribution in [3.8, 4) is 0 Å². The second-order valence-corrected chi connectivity index (χ2v) is 8.76. The minimum atomic E-state index is -1.10. The van der Waals surface area contributed by atoms with Crippen molar-refractivity contribution in [3.05, 3.63) is 35.9 Å². The number of benzene rings is 1. The lowest BCUT2D eigenvalue weighted by Crippen LogP contribution is -2.28. The Balaban J connectivity index is 2.32. The van der Waals surface area contributed by atoms with Gasteiger partial charge in [-0.05, 0) is 24.8 Å². The van der Waals surface area contributed by atoms with E-state index in [0.29, 0.717) is 13.0 Å². The molecule has 0 aliphatic heterocycles. The van der Waals surface area contributed by atoms with E-state index in [0.717, 1.165) is 18.4 Å². The van der Waals surface area contributed by atoms with E-state index >= 15 is 0 Å². The zero-order chi connectivity index (χ0) is 23.4. The molecule has 0 heterocycles. The van der Waals surface area contributed by atoms with Gasteiger partial charge in [0.05, 0.1) is 12.7 Å². The molecule has 0 saturated heterocycles. The fraction of sp³-hybridized carbons (Fsp3) is 0.704. The largest absolute Gasteiger partial charge is 0.479 e. The summed E-state index contributed by atoms with van der Waals surface area (Å²) in [6.07, 6.45) is 14.8. The van der Waals surface area contributed by atoms with Crippen LogP contribution in [0.5, 0.6) is 0 Å². The summed E-state index contributed by atoms with van der Waals surface area (Å²) in [5.41, 5.74) is 1.10. The fourth-order valence-corrected chi connectivity index (χ4v) is 3.91. The van der Waals surface area contributed by atoms with Crippen molar-refractivity contribution in [1.82, 2.24) is 0 Å². The Morgan fingerprint density at radius 2 is 1.38 bits per heavy atom. The quantitative estimate of drug-likeness (QED) is 0.171. The van der Waals surface area contributed by atoms with Crippen LogP contribution in [0.1, 0.15) is 109 Å². The molecule has 1 N–H and O–H groups in total. The van der Waals surface area contributed by atoms with Crippen LogP contribution in [0, 0.1) is 0 Å². The van der Waals surface area contributed by atoms with Gasteiger partial charge in [-0.2, -0.15) is 0 Å². The molecular weight excluding hydrogens is 404 g/mol. The van der Waals surface area contributed by atoms with Crippen LogP contribution in [0.15, 0.2) is 30.3 Å². The zero-order valence-corrected chi connectivity index (χ0v) is 20.2. The minimum Gasteiger partial charge on any atom is -0.479 e. The molecule has 2 atom stereocenters. The van der Waals surface area contributed by atoms with E-state index in [4.69, 9.17) is 9.47 Å². The van der Waals surface area contributed by atoms with E-state index in [1.165, 1.54) is 71.1 Å². The Hall–Kier alpha value is -1.88. The predicted molar refractivity (Wildman–Crippen MR) is 129 cm³/mol. The molecule has 0 spiro atoms. The van der Waals surface area contributed by atoms with Gasteiger partial charge in [-0.1, -0.05) is 108 Å². The maximum absolute atomic E-state index is 11.4. The molecule has 0 saturated carbocycles. The number of carbonyl (C=O) groups is 2. The molecule has 5 heteroatoms. The van der Waals surface area contributed by atoms with E-state index < -0.39 is 18.0 Å². The highest BCUT2D eigenvalue weighted by atomic mass is 16.6. The molecule has 0 radical (unpaired) electrons. The Bertz CT molecular complexity index is 601. The van der Waals surface area contributed by atoms with Gasteiger partial charge in [0.25, 0.3) is 0 Å². The molecule has 32 heavy (non-hydrogen) atoms. The SMILES string of the molecule is CCCCCCCCCCCCCC(CCC(OC(C)=O)C(=O)O)OCc1ccccc1. The van der Waals surface area contributed by atoms with Crippen molar-refractivity contribution in [2.75, 3.05) is 0 Å². The van der Waals surface area contributed by atoms with Crippen LogP contribution in [0.3, 0.4) is 0 Å². The summed E-state index contributed by atoms with van der Waals surface area (Å²) < 4.78 is 11.1. The normalized spacial score (nSPS) is 12.9. The monoisotopic (exact) mass is 448 g/mol. The molecule has 1 aromatic rings. The van der Waals surface area contributed by atoms with Crippen LogP contribution in [-0.2, 0) is 25.7 Å². The Morgan fingerprint density at radius 1 is 0.812 bits per heavy atom. The average molecular weight is 449 g/mol. The summed E-state index contributed by atoms with van der Waals surface area (Å²) in [7, 11) is 0. The van der Waals surface area contributed by atoms with Crippen molar-refractivity contribution >= 4 is 11.9 Å². The molecule has 0 aliphatic rings. The molecule has 182 valence electrons. The highest BCUT2D eigenvalue weighted by Crippen LogP contribution is 2.18. The first-order valence-corrected chi connectivity index (χ1v) is 12.6. The van der Waals surface area contributed by atoms with Gasteiger partial charge in [0.1, 0.15) is 0 Å². The molecular formula is C27H44O5. The first kappa shape index (κ1) is 28.2. The van der Waals surface area contributed by atoms with Crippen LogP contribution < -0.4 is 0 Å². The molecule has 5 nitrogen and oxygen atoms in total. The smallest absolute Gasteiger partial charge is 0.345 e. The molecule has 1 rings (SSSR count). The molecule has 0 aromatic heterocycles. The molecule has 1 aromatic carbocycles. The standard InChI is InChI=1S/C27H44O5/c1-3-4-5-6-7-8-9-10-11-12-16-19-25(31-22-24-17-14-13-15-18-24)20-21-26(27(29)30)32-23(2)28/h13-15,17-18,25-26H,3-12,16,19-22H2,1-2H3,(H,29,30). The van der Waals surface area contributed by atoms with Crippen molar-refractivity contribution in [3.63, 3.8) is 0 Å². The number of unbranched alkanes of at least 4 members (excludes halogenated alkanes) is 10. The first-order valence-electron chi connectivity index (χ1n) is 12.6. The van der Waals surface area contributed by atoms with E-state index in [-0.39, 0.29) is 12.5 Å². The fourth-order valence-electron chi connectivity index (χ4n) is 3.91. The van der Waals surface area contributed by atoms with Crippen molar-refractivity contribution in [2.24, 2.45) is 0 Å². The third kappa shape index (κ3) is 15.0. The summed E-state index contributed by atoms with van der Waals surface area (Å²) in [6.45, 7) is 4.00. The molecule has 2 unspecified atom stereocenters. The van der Waals surface area contributed by atoms with Crippen LogP contribution in [-0.4, -0.2) is 29.3 Å². The van der Waals surface area contributed by atoms with E-state index in [1.807, 2.05) is 30.3 Å². The summed E-state index contributed by atoms with van der Waals surface area (Å²) in [5, 5.41) is 9.30. The van der Waals surface area contributed by atoms with Gasteiger partial charge in [0.15, 0.2) is 6.10 Å². The second-order valence-electron chi connectivity index (χ2n) is 8.76. The summed E-state index contributed by atoms with van der Waals surface area (Å²) in [4.78, 5) is 22.5. The Kier molecular flexibility index (Phi) is 16.4. The van der Waals surface area contributed by atoms with Crippen LogP contribution >= 0.6 is 0 Å². The van der Waals surface area contributed by atoms with Crippen LogP contribution in [0.25, 0.3) is 0 Å². The lowest BCUT2D eigenvalue weighted by molar-refractivity contribution is -0.163. The number of hydrogen-bond donors (Lipinski definition) is 1. The number of esters is 1. The van der Waals surface area contributed by atoms with Crippen LogP contribution in [0.4, 0.5) is 0 Å². The number of aliphatic carboxylic acids is 1. The van der Waals surface area contributed by atoms with Gasteiger partial charge >= 0.3 is 11.9 Å². The van der Waals surface area contributed by atoms with Gasteiger partial charge < -0.3 is 14.6 Å². The molecule has 0 amide bonds. The van der Waals surface area contributed by atoms with Crippen molar-refractivity contribution < 1.29 is 24.2 Å². The van der Waals surface area contributed by atoms with Crippen molar-refractivity contribution in [2.45, 2.75) is 123 Å². The van der Waals surface area contributed by atoms with Crippen LogP contribution in [0.2, 0.25) is 0 Å². The maximum Gasteiger partial charge on any atom is 0.345 e. The number of carbonyl (C=O) groups excluding carboxylic acids is 1. The Labute approximate surface area is 194 Å². The van der Waals surface area contributed by atoms with Gasteiger partial charge in [0.2, 0.25) is 0 Å². The highest BCUT2D eigenvalue weighted by molar-refractivity contribution is 5.76. The summed E-state index contributed by atoms with van der Waals surface area (Å²) in [5.74, 6) is -1.67. The third-order valence-corrected chi connectivity index (χ3v) is 5.79. The van der Waals surface area contributed by atoms with E-state index in [9.17, 15) is 14.7 Å². The summed E-state index contributed by atoms with van der Waals surface area (Å²) in [6, 6.07) is 10.00. The lowest BCUT2D eigenvalue weighted by Gasteiger charge is -2.20. The van der Waals surface area contributed by atoms with Gasteiger partial charge in [0, 0.05) is 6.92 Å². The summed E-state index contributed by atoms with van der Waals surface area (Å²) >= 11 is 0. The molecule has 0 bridgehead atoms.